The molecular weight excluding hydrogens is 474 g/mol. The van der Waals surface area contributed by atoms with Crippen LogP contribution in [0.3, 0.4) is 0 Å². The maximum Gasteiger partial charge on any atom is 0.256 e. The van der Waals surface area contributed by atoms with Gasteiger partial charge in [-0.3, -0.25) is 14.0 Å². The van der Waals surface area contributed by atoms with E-state index in [-0.39, 0.29) is 17.9 Å². The number of nitrogen functional groups attached to an aromatic ring is 1. The van der Waals surface area contributed by atoms with Gasteiger partial charge in [-0.1, -0.05) is 23.4 Å². The van der Waals surface area contributed by atoms with Crippen molar-refractivity contribution in [3.63, 3.8) is 0 Å². The summed E-state index contributed by atoms with van der Waals surface area (Å²) < 4.78 is 11.7. The van der Waals surface area contributed by atoms with Crippen molar-refractivity contribution >= 4 is 29.0 Å². The minimum absolute atomic E-state index is 0.0791. The number of carbonyl (C=O) groups excluding carboxylic acids is 2. The SMILES string of the molecule is COC/C=C/C(=O)N1CCCC[C@H]1c1nc(-c2ccc(C(=O)Nc3ccon3)cc2)c2c(N)nccn12. The fourth-order valence-corrected chi connectivity index (χ4v) is 4.57. The van der Waals surface area contributed by atoms with Crippen molar-refractivity contribution in [1.82, 2.24) is 24.4 Å². The van der Waals surface area contributed by atoms with E-state index in [0.29, 0.717) is 41.6 Å². The molecule has 0 saturated carbocycles. The minimum Gasteiger partial charge on any atom is -0.382 e. The second-order valence-corrected chi connectivity index (χ2v) is 8.67. The number of nitrogens with zero attached hydrogens (tertiary/aromatic N) is 5. The van der Waals surface area contributed by atoms with Crippen LogP contribution in [-0.2, 0) is 9.53 Å². The van der Waals surface area contributed by atoms with Crippen LogP contribution in [-0.4, -0.2) is 56.5 Å². The molecule has 4 heterocycles. The van der Waals surface area contributed by atoms with E-state index in [1.54, 1.807) is 43.7 Å². The Hall–Kier alpha value is -4.51. The number of amides is 2. The predicted octanol–water partition coefficient (Wildman–Crippen LogP) is 3.48. The minimum atomic E-state index is -0.310. The molecule has 1 aromatic carbocycles. The number of methoxy groups -OCH3 is 1. The summed E-state index contributed by atoms with van der Waals surface area (Å²) in [5, 5.41) is 6.37. The zero-order chi connectivity index (χ0) is 25.8. The summed E-state index contributed by atoms with van der Waals surface area (Å²) >= 11 is 0. The van der Waals surface area contributed by atoms with Crippen molar-refractivity contribution in [2.24, 2.45) is 0 Å². The van der Waals surface area contributed by atoms with Gasteiger partial charge in [0.25, 0.3) is 5.91 Å². The first-order valence-corrected chi connectivity index (χ1v) is 12.0. The third kappa shape index (κ3) is 4.94. The number of imidazole rings is 1. The summed E-state index contributed by atoms with van der Waals surface area (Å²) in [6.45, 7) is 1.01. The number of anilines is 2. The lowest BCUT2D eigenvalue weighted by Crippen LogP contribution is -2.38. The molecule has 1 aliphatic heterocycles. The average molecular weight is 502 g/mol. The van der Waals surface area contributed by atoms with Gasteiger partial charge in [-0.2, -0.15) is 0 Å². The van der Waals surface area contributed by atoms with E-state index in [9.17, 15) is 9.59 Å². The number of ether oxygens (including phenoxy) is 1. The van der Waals surface area contributed by atoms with Gasteiger partial charge < -0.3 is 25.2 Å². The fraction of sp³-hybridized carbons (Fsp3) is 0.269. The van der Waals surface area contributed by atoms with E-state index in [4.69, 9.17) is 20.0 Å². The third-order valence-electron chi connectivity index (χ3n) is 6.32. The Morgan fingerprint density at radius 3 is 2.84 bits per heavy atom. The highest BCUT2D eigenvalue weighted by molar-refractivity contribution is 6.04. The molecule has 0 aliphatic carbocycles. The second kappa shape index (κ2) is 10.6. The lowest BCUT2D eigenvalue weighted by Gasteiger charge is -2.34. The summed E-state index contributed by atoms with van der Waals surface area (Å²) in [4.78, 5) is 36.7. The van der Waals surface area contributed by atoms with Crippen LogP contribution < -0.4 is 11.1 Å². The van der Waals surface area contributed by atoms with Gasteiger partial charge in [-0.05, 0) is 31.4 Å². The van der Waals surface area contributed by atoms with Gasteiger partial charge in [0.05, 0.1) is 12.6 Å². The highest BCUT2D eigenvalue weighted by Crippen LogP contribution is 2.36. The predicted molar refractivity (Wildman–Crippen MR) is 137 cm³/mol. The van der Waals surface area contributed by atoms with E-state index < -0.39 is 0 Å². The van der Waals surface area contributed by atoms with Crippen LogP contribution >= 0.6 is 0 Å². The summed E-state index contributed by atoms with van der Waals surface area (Å²) in [5.41, 5.74) is 8.83. The molecule has 1 aliphatic rings. The molecule has 1 saturated heterocycles. The van der Waals surface area contributed by atoms with Crippen molar-refractivity contribution in [3.05, 3.63) is 72.5 Å². The number of hydrogen-bond acceptors (Lipinski definition) is 8. The Morgan fingerprint density at radius 1 is 1.24 bits per heavy atom. The van der Waals surface area contributed by atoms with E-state index in [0.717, 1.165) is 30.7 Å². The molecule has 1 atom stereocenters. The molecule has 3 aromatic heterocycles. The highest BCUT2D eigenvalue weighted by Gasteiger charge is 2.31. The van der Waals surface area contributed by atoms with Crippen LogP contribution in [0.2, 0.25) is 0 Å². The number of hydrogen-bond donors (Lipinski definition) is 2. The average Bonchev–Trinajstić information content (AvgIpc) is 3.57. The van der Waals surface area contributed by atoms with E-state index >= 15 is 0 Å². The molecule has 0 spiro atoms. The first kappa shape index (κ1) is 24.2. The molecule has 2 amide bonds. The molecule has 190 valence electrons. The summed E-state index contributed by atoms with van der Waals surface area (Å²) in [6.07, 6.45) is 10.8. The van der Waals surface area contributed by atoms with E-state index in [1.807, 2.05) is 27.6 Å². The number of rotatable bonds is 7. The van der Waals surface area contributed by atoms with Gasteiger partial charge in [0.1, 0.15) is 29.1 Å². The van der Waals surface area contributed by atoms with Gasteiger partial charge in [0, 0.05) is 49.3 Å². The lowest BCUT2D eigenvalue weighted by molar-refractivity contribution is -0.130. The lowest BCUT2D eigenvalue weighted by atomic mass is 10.0. The zero-order valence-electron chi connectivity index (χ0n) is 20.3. The number of benzene rings is 1. The normalized spacial score (nSPS) is 15.9. The Labute approximate surface area is 212 Å². The molecule has 0 unspecified atom stereocenters. The van der Waals surface area contributed by atoms with Crippen molar-refractivity contribution in [2.75, 3.05) is 31.3 Å². The van der Waals surface area contributed by atoms with Crippen molar-refractivity contribution < 1.29 is 18.8 Å². The van der Waals surface area contributed by atoms with Gasteiger partial charge in [0.2, 0.25) is 5.91 Å². The number of carbonyl (C=O) groups is 2. The highest BCUT2D eigenvalue weighted by atomic mass is 16.5. The molecule has 11 nitrogen and oxygen atoms in total. The third-order valence-corrected chi connectivity index (χ3v) is 6.32. The summed E-state index contributed by atoms with van der Waals surface area (Å²) in [6, 6.07) is 8.39. The van der Waals surface area contributed by atoms with Crippen molar-refractivity contribution in [3.8, 4) is 11.3 Å². The number of nitrogens with two attached hydrogens (primary N) is 1. The van der Waals surface area contributed by atoms with Gasteiger partial charge in [-0.15, -0.1) is 0 Å². The number of aromatic nitrogens is 4. The number of piperidine rings is 1. The van der Waals surface area contributed by atoms with Crippen LogP contribution in [0.15, 0.2) is 65.7 Å². The Balaban J connectivity index is 1.49. The van der Waals surface area contributed by atoms with E-state index in [2.05, 4.69) is 15.5 Å². The molecule has 0 bridgehead atoms. The largest absolute Gasteiger partial charge is 0.382 e. The smallest absolute Gasteiger partial charge is 0.256 e. The monoisotopic (exact) mass is 501 g/mol. The maximum atomic E-state index is 13.0. The van der Waals surface area contributed by atoms with Crippen LogP contribution in [0.4, 0.5) is 11.6 Å². The molecule has 37 heavy (non-hydrogen) atoms. The first-order valence-electron chi connectivity index (χ1n) is 12.0. The fourth-order valence-electron chi connectivity index (χ4n) is 4.57. The van der Waals surface area contributed by atoms with Crippen LogP contribution in [0.5, 0.6) is 0 Å². The number of likely N-dealkylation sites (tertiary alicyclic amines) is 1. The van der Waals surface area contributed by atoms with Gasteiger partial charge >= 0.3 is 0 Å². The topological polar surface area (TPSA) is 141 Å². The molecular formula is C26H27N7O4. The number of nitrogens with one attached hydrogen (secondary N) is 1. The molecule has 1 fully saturated rings. The molecule has 4 aromatic rings. The van der Waals surface area contributed by atoms with Crippen LogP contribution in [0, 0.1) is 0 Å². The quantitative estimate of drug-likeness (QED) is 0.367. The van der Waals surface area contributed by atoms with Crippen LogP contribution in [0.25, 0.3) is 16.8 Å². The van der Waals surface area contributed by atoms with Crippen LogP contribution in [0.1, 0.15) is 41.5 Å². The van der Waals surface area contributed by atoms with Crippen molar-refractivity contribution in [2.45, 2.75) is 25.3 Å². The van der Waals surface area contributed by atoms with Gasteiger partial charge in [-0.25, -0.2) is 9.97 Å². The van der Waals surface area contributed by atoms with Crippen molar-refractivity contribution in [1.29, 1.82) is 0 Å². The van der Waals surface area contributed by atoms with E-state index in [1.165, 1.54) is 6.26 Å². The molecule has 3 N–H and O–H groups in total. The second-order valence-electron chi connectivity index (χ2n) is 8.67. The Bertz CT molecular complexity index is 1430. The Morgan fingerprint density at radius 2 is 2.08 bits per heavy atom. The zero-order valence-corrected chi connectivity index (χ0v) is 20.3. The number of fused-ring (bicyclic) bond motifs is 1. The summed E-state index contributed by atoms with van der Waals surface area (Å²) in [7, 11) is 1.59. The molecule has 0 radical (unpaired) electrons. The maximum absolute atomic E-state index is 13.0. The molecule has 5 rings (SSSR count). The standard InChI is InChI=1S/C26H27N7O4/c1-36-15-4-6-21(34)32-13-3-2-5-19(32)25-30-22(23-24(27)28-12-14-33(23)25)17-7-9-18(10-8-17)26(35)29-20-11-16-37-31-20/h4,6-12,14,16,19H,2-3,5,13,15H2,1H3,(H2,27,28)(H,29,31,35)/b6-4+/t19-/m0/s1. The Kier molecular flexibility index (Phi) is 6.95. The first-order chi connectivity index (χ1) is 18.1. The van der Waals surface area contributed by atoms with Gasteiger partial charge in [0.15, 0.2) is 5.82 Å². The summed E-state index contributed by atoms with van der Waals surface area (Å²) in [5.74, 6) is 0.999. The molecule has 11 heteroatoms.